The van der Waals surface area contributed by atoms with Gasteiger partial charge in [0.1, 0.15) is 11.6 Å². The molecular formula is C9H10N2O. The molecule has 0 saturated heterocycles. The fourth-order valence-electron chi connectivity index (χ4n) is 1.25. The van der Waals surface area contributed by atoms with Crippen LogP contribution in [-0.2, 0) is 0 Å². The van der Waals surface area contributed by atoms with Gasteiger partial charge >= 0.3 is 0 Å². The maximum Gasteiger partial charge on any atom is 0.132 e. The van der Waals surface area contributed by atoms with E-state index in [9.17, 15) is 5.11 Å². The number of amidine groups is 1. The van der Waals surface area contributed by atoms with Crippen LogP contribution in [0.15, 0.2) is 29.3 Å². The number of benzene rings is 1. The van der Waals surface area contributed by atoms with E-state index in [1.807, 2.05) is 12.1 Å². The molecule has 0 aromatic heterocycles. The van der Waals surface area contributed by atoms with Crippen molar-refractivity contribution in [2.75, 3.05) is 13.1 Å². The summed E-state index contributed by atoms with van der Waals surface area (Å²) >= 11 is 0. The molecule has 3 nitrogen and oxygen atoms in total. The summed E-state index contributed by atoms with van der Waals surface area (Å²) in [7, 11) is 0. The smallest absolute Gasteiger partial charge is 0.132 e. The van der Waals surface area contributed by atoms with Crippen LogP contribution in [-0.4, -0.2) is 24.0 Å². The summed E-state index contributed by atoms with van der Waals surface area (Å²) < 4.78 is 0. The molecule has 1 aliphatic rings. The Kier molecular flexibility index (Phi) is 1.70. The Labute approximate surface area is 70.8 Å². The van der Waals surface area contributed by atoms with Gasteiger partial charge in [0.25, 0.3) is 0 Å². The molecule has 3 heteroatoms. The average molecular weight is 162 g/mol. The van der Waals surface area contributed by atoms with Gasteiger partial charge < -0.3 is 10.4 Å². The molecule has 0 spiro atoms. The van der Waals surface area contributed by atoms with Crippen molar-refractivity contribution in [3.8, 4) is 5.75 Å². The number of phenols is 1. The van der Waals surface area contributed by atoms with E-state index in [0.717, 1.165) is 24.5 Å². The van der Waals surface area contributed by atoms with Crippen molar-refractivity contribution in [3.63, 3.8) is 0 Å². The van der Waals surface area contributed by atoms with Gasteiger partial charge in [-0.15, -0.1) is 0 Å². The minimum atomic E-state index is 0.283. The Morgan fingerprint density at radius 1 is 1.33 bits per heavy atom. The fourth-order valence-corrected chi connectivity index (χ4v) is 1.25. The minimum absolute atomic E-state index is 0.283. The van der Waals surface area contributed by atoms with Crippen molar-refractivity contribution < 1.29 is 5.11 Å². The van der Waals surface area contributed by atoms with Crippen LogP contribution in [0.1, 0.15) is 5.56 Å². The molecule has 2 rings (SSSR count). The van der Waals surface area contributed by atoms with Gasteiger partial charge in [0, 0.05) is 6.54 Å². The van der Waals surface area contributed by atoms with E-state index < -0.39 is 0 Å². The van der Waals surface area contributed by atoms with Crippen molar-refractivity contribution in [1.29, 1.82) is 0 Å². The number of para-hydroxylation sites is 1. The maximum atomic E-state index is 9.45. The monoisotopic (exact) mass is 162 g/mol. The first-order chi connectivity index (χ1) is 5.88. The summed E-state index contributed by atoms with van der Waals surface area (Å²) in [5.41, 5.74) is 0.787. The standard InChI is InChI=1S/C9H10N2O/c12-8-4-2-1-3-7(8)9-10-5-6-11-9/h1-4,12H,5-6H2,(H,10,11). The number of nitrogens with zero attached hydrogens (tertiary/aromatic N) is 1. The van der Waals surface area contributed by atoms with Crippen molar-refractivity contribution in [2.24, 2.45) is 4.99 Å². The topological polar surface area (TPSA) is 44.6 Å². The Morgan fingerprint density at radius 3 is 2.83 bits per heavy atom. The summed E-state index contributed by atoms with van der Waals surface area (Å²) in [4.78, 5) is 4.21. The molecule has 1 aliphatic heterocycles. The number of phenolic OH excluding ortho intramolecular Hbond substituents is 1. The molecule has 1 aromatic rings. The summed E-state index contributed by atoms with van der Waals surface area (Å²) in [5.74, 6) is 1.08. The van der Waals surface area contributed by atoms with Gasteiger partial charge in [-0.05, 0) is 12.1 Å². The molecule has 0 unspecified atom stereocenters. The number of hydrogen-bond acceptors (Lipinski definition) is 3. The van der Waals surface area contributed by atoms with E-state index in [0.29, 0.717) is 0 Å². The summed E-state index contributed by atoms with van der Waals surface area (Å²) in [5, 5.41) is 12.6. The molecule has 0 saturated carbocycles. The quantitative estimate of drug-likeness (QED) is 0.639. The van der Waals surface area contributed by atoms with Gasteiger partial charge in [0.2, 0.25) is 0 Å². The summed E-state index contributed by atoms with van der Waals surface area (Å²) in [6.45, 7) is 1.66. The Bertz CT molecular complexity index is 320. The third-order valence-electron chi connectivity index (χ3n) is 1.83. The second-order valence-electron chi connectivity index (χ2n) is 2.67. The zero-order chi connectivity index (χ0) is 8.39. The van der Waals surface area contributed by atoms with Crippen LogP contribution in [0.25, 0.3) is 0 Å². The van der Waals surface area contributed by atoms with Crippen LogP contribution in [0, 0.1) is 0 Å². The van der Waals surface area contributed by atoms with E-state index in [1.54, 1.807) is 12.1 Å². The molecule has 62 valence electrons. The van der Waals surface area contributed by atoms with Crippen LogP contribution >= 0.6 is 0 Å². The summed E-state index contributed by atoms with van der Waals surface area (Å²) in [6.07, 6.45) is 0. The first kappa shape index (κ1) is 7.16. The van der Waals surface area contributed by atoms with Crippen LogP contribution in [0.3, 0.4) is 0 Å². The third kappa shape index (κ3) is 1.13. The lowest BCUT2D eigenvalue weighted by molar-refractivity contribution is 0.474. The van der Waals surface area contributed by atoms with E-state index >= 15 is 0 Å². The van der Waals surface area contributed by atoms with Gasteiger partial charge in [-0.3, -0.25) is 4.99 Å². The molecule has 12 heavy (non-hydrogen) atoms. The fraction of sp³-hybridized carbons (Fsp3) is 0.222. The highest BCUT2D eigenvalue weighted by atomic mass is 16.3. The van der Waals surface area contributed by atoms with Gasteiger partial charge in [0.15, 0.2) is 0 Å². The Balaban J connectivity index is 2.39. The molecule has 0 fully saturated rings. The van der Waals surface area contributed by atoms with Gasteiger partial charge in [-0.2, -0.15) is 0 Å². The molecule has 1 aromatic carbocycles. The summed E-state index contributed by atoms with van der Waals surface area (Å²) in [6, 6.07) is 7.20. The maximum absolute atomic E-state index is 9.45. The lowest BCUT2D eigenvalue weighted by atomic mass is 10.2. The highest BCUT2D eigenvalue weighted by Crippen LogP contribution is 2.16. The van der Waals surface area contributed by atoms with Gasteiger partial charge in [-0.25, -0.2) is 0 Å². The van der Waals surface area contributed by atoms with Crippen molar-refractivity contribution >= 4 is 5.84 Å². The highest BCUT2D eigenvalue weighted by Gasteiger charge is 2.10. The number of rotatable bonds is 1. The molecule has 0 atom stereocenters. The molecule has 0 aliphatic carbocycles. The molecule has 1 heterocycles. The van der Waals surface area contributed by atoms with Crippen LogP contribution in [0.2, 0.25) is 0 Å². The predicted molar refractivity (Wildman–Crippen MR) is 47.5 cm³/mol. The van der Waals surface area contributed by atoms with Crippen LogP contribution in [0.4, 0.5) is 0 Å². The van der Waals surface area contributed by atoms with E-state index in [1.165, 1.54) is 0 Å². The number of nitrogens with one attached hydrogen (secondary N) is 1. The van der Waals surface area contributed by atoms with Crippen LogP contribution < -0.4 is 5.32 Å². The molecule has 0 amide bonds. The highest BCUT2D eigenvalue weighted by molar-refractivity contribution is 6.01. The van der Waals surface area contributed by atoms with E-state index in [2.05, 4.69) is 10.3 Å². The number of aliphatic imine (C=N–C) groups is 1. The second-order valence-corrected chi connectivity index (χ2v) is 2.67. The predicted octanol–water partition coefficient (Wildman–Crippen LogP) is 0.742. The van der Waals surface area contributed by atoms with Crippen molar-refractivity contribution in [3.05, 3.63) is 29.8 Å². The van der Waals surface area contributed by atoms with Gasteiger partial charge in [-0.1, -0.05) is 12.1 Å². The molecule has 0 bridgehead atoms. The number of hydrogen-bond donors (Lipinski definition) is 2. The first-order valence-electron chi connectivity index (χ1n) is 3.94. The van der Waals surface area contributed by atoms with Gasteiger partial charge in [0.05, 0.1) is 12.1 Å². The minimum Gasteiger partial charge on any atom is -0.507 e. The second kappa shape index (κ2) is 2.85. The SMILES string of the molecule is Oc1ccccc1C1=NCCN1. The van der Waals surface area contributed by atoms with E-state index in [4.69, 9.17) is 0 Å². The lowest BCUT2D eigenvalue weighted by Crippen LogP contribution is -2.19. The van der Waals surface area contributed by atoms with E-state index in [-0.39, 0.29) is 5.75 Å². The zero-order valence-electron chi connectivity index (χ0n) is 6.62. The first-order valence-corrected chi connectivity index (χ1v) is 3.94. The largest absolute Gasteiger partial charge is 0.507 e. The van der Waals surface area contributed by atoms with Crippen molar-refractivity contribution in [2.45, 2.75) is 0 Å². The third-order valence-corrected chi connectivity index (χ3v) is 1.83. The molecule has 2 N–H and O–H groups in total. The zero-order valence-corrected chi connectivity index (χ0v) is 6.62. The normalized spacial score (nSPS) is 15.5. The van der Waals surface area contributed by atoms with Crippen LogP contribution in [0.5, 0.6) is 5.75 Å². The average Bonchev–Trinajstić information content (AvgIpc) is 2.57. The molecule has 0 radical (unpaired) electrons. The molecular weight excluding hydrogens is 152 g/mol. The lowest BCUT2D eigenvalue weighted by Gasteiger charge is -2.03. The number of aromatic hydroxyl groups is 1. The Hall–Kier alpha value is -1.51. The van der Waals surface area contributed by atoms with Crippen molar-refractivity contribution in [1.82, 2.24) is 5.32 Å². The Morgan fingerprint density at radius 2 is 2.17 bits per heavy atom.